The van der Waals surface area contributed by atoms with E-state index in [1.165, 1.54) is 12.8 Å². The fourth-order valence-corrected chi connectivity index (χ4v) is 2.45. The third kappa shape index (κ3) is 6.06. The predicted molar refractivity (Wildman–Crippen MR) is 71.7 cm³/mol. The fourth-order valence-electron chi connectivity index (χ4n) is 2.45. The van der Waals surface area contributed by atoms with E-state index in [4.69, 9.17) is 5.73 Å². The van der Waals surface area contributed by atoms with Crippen LogP contribution in [-0.2, 0) is 4.79 Å². The SMILES string of the molecule is CC1(C)CCC(NC(=O)CCCCCN)CC1. The van der Waals surface area contributed by atoms with Gasteiger partial charge in [-0.2, -0.15) is 0 Å². The van der Waals surface area contributed by atoms with E-state index in [1.807, 2.05) is 0 Å². The number of hydrogen-bond donors (Lipinski definition) is 2. The molecular formula is C14H28N2O. The lowest BCUT2D eigenvalue weighted by Crippen LogP contribution is -2.39. The van der Waals surface area contributed by atoms with Crippen LogP contribution in [0.1, 0.15) is 65.2 Å². The maximum Gasteiger partial charge on any atom is 0.220 e. The van der Waals surface area contributed by atoms with E-state index >= 15 is 0 Å². The molecule has 0 bridgehead atoms. The first-order chi connectivity index (χ1) is 8.03. The highest BCUT2D eigenvalue weighted by molar-refractivity contribution is 5.76. The van der Waals surface area contributed by atoms with Gasteiger partial charge in [-0.25, -0.2) is 0 Å². The molecule has 100 valence electrons. The Balaban J connectivity index is 2.11. The molecule has 0 unspecified atom stereocenters. The molecule has 3 nitrogen and oxygen atoms in total. The van der Waals surface area contributed by atoms with Crippen molar-refractivity contribution < 1.29 is 4.79 Å². The topological polar surface area (TPSA) is 55.1 Å². The molecule has 1 aliphatic rings. The Morgan fingerprint density at radius 1 is 1.24 bits per heavy atom. The maximum absolute atomic E-state index is 11.7. The molecule has 0 aliphatic heterocycles. The van der Waals surface area contributed by atoms with Crippen molar-refractivity contribution in [2.24, 2.45) is 11.1 Å². The molecule has 0 saturated heterocycles. The van der Waals surface area contributed by atoms with Crippen LogP contribution >= 0.6 is 0 Å². The largest absolute Gasteiger partial charge is 0.353 e. The lowest BCUT2D eigenvalue weighted by Gasteiger charge is -2.34. The van der Waals surface area contributed by atoms with Crippen molar-refractivity contribution in [1.82, 2.24) is 5.32 Å². The zero-order valence-corrected chi connectivity index (χ0v) is 11.4. The summed E-state index contributed by atoms with van der Waals surface area (Å²) < 4.78 is 0. The van der Waals surface area contributed by atoms with Crippen molar-refractivity contribution in [2.75, 3.05) is 6.54 Å². The van der Waals surface area contributed by atoms with Gasteiger partial charge >= 0.3 is 0 Å². The zero-order valence-electron chi connectivity index (χ0n) is 11.4. The van der Waals surface area contributed by atoms with Gasteiger partial charge in [0.15, 0.2) is 0 Å². The van der Waals surface area contributed by atoms with E-state index in [0.29, 0.717) is 17.9 Å². The highest BCUT2D eigenvalue weighted by atomic mass is 16.1. The molecule has 0 atom stereocenters. The zero-order chi connectivity index (χ0) is 12.7. The van der Waals surface area contributed by atoms with Crippen molar-refractivity contribution in [3.63, 3.8) is 0 Å². The number of unbranched alkanes of at least 4 members (excludes halogenated alkanes) is 2. The van der Waals surface area contributed by atoms with E-state index < -0.39 is 0 Å². The normalized spacial score (nSPS) is 20.2. The van der Waals surface area contributed by atoms with Gasteiger partial charge in [-0.1, -0.05) is 20.3 Å². The third-order valence-electron chi connectivity index (χ3n) is 3.81. The van der Waals surface area contributed by atoms with Gasteiger partial charge in [0.1, 0.15) is 0 Å². The Kier molecular flexibility index (Phi) is 5.96. The Bertz CT molecular complexity index is 228. The van der Waals surface area contributed by atoms with Crippen molar-refractivity contribution in [3.8, 4) is 0 Å². The standard InChI is InChI=1S/C14H28N2O/c1-14(2)9-7-12(8-10-14)16-13(17)6-4-3-5-11-15/h12H,3-11,15H2,1-2H3,(H,16,17). The summed E-state index contributed by atoms with van der Waals surface area (Å²) in [4.78, 5) is 11.7. The highest BCUT2D eigenvalue weighted by Gasteiger charge is 2.27. The molecule has 3 N–H and O–H groups in total. The van der Waals surface area contributed by atoms with Gasteiger partial charge in [-0.05, 0) is 50.5 Å². The molecule has 0 aromatic carbocycles. The molecule has 0 aromatic rings. The second kappa shape index (κ2) is 7.00. The second-order valence-electron chi connectivity index (χ2n) is 6.11. The molecule has 0 aromatic heterocycles. The van der Waals surface area contributed by atoms with Gasteiger partial charge in [0.25, 0.3) is 0 Å². The van der Waals surface area contributed by atoms with Crippen LogP contribution in [0.2, 0.25) is 0 Å². The molecule has 1 rings (SSSR count). The van der Waals surface area contributed by atoms with Gasteiger partial charge in [-0.15, -0.1) is 0 Å². The van der Waals surface area contributed by atoms with E-state index in [2.05, 4.69) is 19.2 Å². The molecule has 17 heavy (non-hydrogen) atoms. The minimum atomic E-state index is 0.228. The van der Waals surface area contributed by atoms with Crippen LogP contribution < -0.4 is 11.1 Å². The summed E-state index contributed by atoms with van der Waals surface area (Å²) in [5.74, 6) is 0.228. The summed E-state index contributed by atoms with van der Waals surface area (Å²) in [6.45, 7) is 5.37. The van der Waals surface area contributed by atoms with E-state index in [-0.39, 0.29) is 5.91 Å². The first kappa shape index (κ1) is 14.5. The van der Waals surface area contributed by atoms with Crippen molar-refractivity contribution in [3.05, 3.63) is 0 Å². The number of nitrogens with two attached hydrogens (primary N) is 1. The molecule has 1 fully saturated rings. The Morgan fingerprint density at radius 3 is 2.47 bits per heavy atom. The van der Waals surface area contributed by atoms with Crippen LogP contribution in [0.4, 0.5) is 0 Å². The van der Waals surface area contributed by atoms with Crippen LogP contribution in [0, 0.1) is 5.41 Å². The monoisotopic (exact) mass is 240 g/mol. The summed E-state index contributed by atoms with van der Waals surface area (Å²) in [5.41, 5.74) is 5.89. The predicted octanol–water partition coefficient (Wildman–Crippen LogP) is 2.59. The summed E-state index contributed by atoms with van der Waals surface area (Å²) in [7, 11) is 0. The average molecular weight is 240 g/mol. The summed E-state index contributed by atoms with van der Waals surface area (Å²) >= 11 is 0. The average Bonchev–Trinajstić information content (AvgIpc) is 2.28. The molecule has 1 aliphatic carbocycles. The van der Waals surface area contributed by atoms with Crippen LogP contribution in [0.3, 0.4) is 0 Å². The van der Waals surface area contributed by atoms with Crippen molar-refractivity contribution in [1.29, 1.82) is 0 Å². The number of carbonyl (C=O) groups is 1. The number of amides is 1. The third-order valence-corrected chi connectivity index (χ3v) is 3.81. The maximum atomic E-state index is 11.7. The second-order valence-corrected chi connectivity index (χ2v) is 6.11. The number of hydrogen-bond acceptors (Lipinski definition) is 2. The molecule has 0 radical (unpaired) electrons. The number of rotatable bonds is 6. The summed E-state index contributed by atoms with van der Waals surface area (Å²) in [6.07, 6.45) is 8.48. The molecule has 0 heterocycles. The van der Waals surface area contributed by atoms with Gasteiger partial charge < -0.3 is 11.1 Å². The Labute approximate surface area is 106 Å². The lowest BCUT2D eigenvalue weighted by atomic mass is 9.75. The minimum absolute atomic E-state index is 0.228. The lowest BCUT2D eigenvalue weighted by molar-refractivity contribution is -0.122. The number of carbonyl (C=O) groups excluding carboxylic acids is 1. The smallest absolute Gasteiger partial charge is 0.220 e. The summed E-state index contributed by atoms with van der Waals surface area (Å²) in [6, 6.07) is 0.421. The Hall–Kier alpha value is -0.570. The van der Waals surface area contributed by atoms with E-state index in [9.17, 15) is 4.79 Å². The van der Waals surface area contributed by atoms with Crippen LogP contribution in [0.25, 0.3) is 0 Å². The van der Waals surface area contributed by atoms with Gasteiger partial charge in [0.05, 0.1) is 0 Å². The van der Waals surface area contributed by atoms with Crippen molar-refractivity contribution in [2.45, 2.75) is 71.3 Å². The first-order valence-electron chi connectivity index (χ1n) is 7.03. The van der Waals surface area contributed by atoms with Gasteiger partial charge in [-0.3, -0.25) is 4.79 Å². The van der Waals surface area contributed by atoms with Crippen LogP contribution in [0.15, 0.2) is 0 Å². The van der Waals surface area contributed by atoms with Crippen LogP contribution in [0.5, 0.6) is 0 Å². The highest BCUT2D eigenvalue weighted by Crippen LogP contribution is 2.34. The fraction of sp³-hybridized carbons (Fsp3) is 0.929. The Morgan fingerprint density at radius 2 is 1.88 bits per heavy atom. The first-order valence-corrected chi connectivity index (χ1v) is 7.03. The molecule has 3 heteroatoms. The molecule has 1 saturated carbocycles. The summed E-state index contributed by atoms with van der Waals surface area (Å²) in [5, 5.41) is 3.16. The minimum Gasteiger partial charge on any atom is -0.353 e. The molecule has 1 amide bonds. The van der Waals surface area contributed by atoms with E-state index in [1.54, 1.807) is 0 Å². The molecule has 0 spiro atoms. The van der Waals surface area contributed by atoms with E-state index in [0.717, 1.165) is 38.6 Å². The number of nitrogens with one attached hydrogen (secondary N) is 1. The van der Waals surface area contributed by atoms with Gasteiger partial charge in [0.2, 0.25) is 5.91 Å². The molecular weight excluding hydrogens is 212 g/mol. The van der Waals surface area contributed by atoms with Gasteiger partial charge in [0, 0.05) is 12.5 Å². The van der Waals surface area contributed by atoms with Crippen molar-refractivity contribution >= 4 is 5.91 Å². The van der Waals surface area contributed by atoms with Crippen LogP contribution in [-0.4, -0.2) is 18.5 Å². The quantitative estimate of drug-likeness (QED) is 0.701.